The Morgan fingerprint density at radius 1 is 1.28 bits per heavy atom. The van der Waals surface area contributed by atoms with Crippen LogP contribution >= 0.6 is 0 Å². The minimum Gasteiger partial charge on any atom is -0.494 e. The number of aliphatic carboxylic acids is 2. The summed E-state index contributed by atoms with van der Waals surface area (Å²) in [4.78, 5) is 21.4. The molecule has 0 unspecified atom stereocenters. The Bertz CT molecular complexity index is 442. The fraction of sp³-hybridized carbons (Fsp3) is 0.333. The normalized spacial score (nSPS) is 10.4. The van der Waals surface area contributed by atoms with Crippen molar-refractivity contribution < 1.29 is 28.9 Å². The third-order valence-corrected chi connectivity index (χ3v) is 2.49. The molecule has 0 amide bonds. The Morgan fingerprint density at radius 3 is 2.28 bits per heavy atom. The molecule has 0 aliphatic heterocycles. The number of hydrogen-bond acceptors (Lipinski definition) is 3. The molecule has 0 aromatic heterocycles. The van der Waals surface area contributed by atoms with Gasteiger partial charge in [-0.1, -0.05) is 6.07 Å². The lowest BCUT2D eigenvalue weighted by molar-refractivity contribution is -0.139. The van der Waals surface area contributed by atoms with Crippen LogP contribution in [0.25, 0.3) is 0 Å². The van der Waals surface area contributed by atoms with Crippen LogP contribution in [-0.4, -0.2) is 29.3 Å². The van der Waals surface area contributed by atoms with Gasteiger partial charge >= 0.3 is 11.9 Å². The third kappa shape index (κ3) is 3.73. The van der Waals surface area contributed by atoms with Gasteiger partial charge in [-0.05, 0) is 17.7 Å². The lowest BCUT2D eigenvalue weighted by Crippen LogP contribution is -2.11. The number of carboxylic acids is 2. The van der Waals surface area contributed by atoms with Gasteiger partial charge in [0, 0.05) is 5.92 Å². The van der Waals surface area contributed by atoms with Crippen LogP contribution < -0.4 is 4.74 Å². The number of rotatable bonds is 6. The summed E-state index contributed by atoms with van der Waals surface area (Å²) in [6.07, 6.45) is -0.665. The molecule has 0 aliphatic carbocycles. The van der Waals surface area contributed by atoms with E-state index >= 15 is 0 Å². The average Bonchev–Trinajstić information content (AvgIpc) is 2.27. The summed E-state index contributed by atoms with van der Waals surface area (Å²) >= 11 is 0. The highest BCUT2D eigenvalue weighted by atomic mass is 19.1. The quantitative estimate of drug-likeness (QED) is 0.811. The molecule has 0 bridgehead atoms. The highest BCUT2D eigenvalue weighted by Crippen LogP contribution is 2.28. The van der Waals surface area contributed by atoms with Crippen molar-refractivity contribution in [3.63, 3.8) is 0 Å². The van der Waals surface area contributed by atoms with Crippen LogP contribution in [0.1, 0.15) is 24.3 Å². The van der Waals surface area contributed by atoms with Crippen molar-refractivity contribution in [2.75, 3.05) is 7.11 Å². The van der Waals surface area contributed by atoms with Gasteiger partial charge in [0.2, 0.25) is 0 Å². The van der Waals surface area contributed by atoms with Gasteiger partial charge in [0.25, 0.3) is 0 Å². The first-order valence-electron chi connectivity index (χ1n) is 5.21. The molecule has 0 heterocycles. The van der Waals surface area contributed by atoms with Crippen molar-refractivity contribution in [1.29, 1.82) is 0 Å². The summed E-state index contributed by atoms with van der Waals surface area (Å²) < 4.78 is 18.0. The van der Waals surface area contributed by atoms with Crippen molar-refractivity contribution >= 4 is 11.9 Å². The fourth-order valence-corrected chi connectivity index (χ4v) is 1.66. The SMILES string of the molecule is COc1cc(C(CC(=O)O)CC(=O)O)ccc1F. The highest BCUT2D eigenvalue weighted by molar-refractivity contribution is 5.72. The molecule has 1 aromatic carbocycles. The molecule has 2 N–H and O–H groups in total. The van der Waals surface area contributed by atoms with E-state index in [2.05, 4.69) is 0 Å². The first-order chi connectivity index (χ1) is 8.43. The number of methoxy groups -OCH3 is 1. The van der Waals surface area contributed by atoms with Gasteiger partial charge in [0.15, 0.2) is 11.6 Å². The topological polar surface area (TPSA) is 83.8 Å². The fourth-order valence-electron chi connectivity index (χ4n) is 1.66. The highest BCUT2D eigenvalue weighted by Gasteiger charge is 2.20. The van der Waals surface area contributed by atoms with Gasteiger partial charge in [0.05, 0.1) is 20.0 Å². The van der Waals surface area contributed by atoms with Gasteiger partial charge in [-0.15, -0.1) is 0 Å². The van der Waals surface area contributed by atoms with E-state index in [9.17, 15) is 14.0 Å². The largest absolute Gasteiger partial charge is 0.494 e. The molecule has 1 aromatic rings. The number of halogens is 1. The Morgan fingerprint density at radius 2 is 1.83 bits per heavy atom. The zero-order chi connectivity index (χ0) is 13.7. The smallest absolute Gasteiger partial charge is 0.303 e. The van der Waals surface area contributed by atoms with E-state index in [-0.39, 0.29) is 18.6 Å². The van der Waals surface area contributed by atoms with E-state index < -0.39 is 23.7 Å². The van der Waals surface area contributed by atoms with Crippen LogP contribution in [0.15, 0.2) is 18.2 Å². The first kappa shape index (κ1) is 14.0. The maximum absolute atomic E-state index is 13.2. The second kappa shape index (κ2) is 6.00. The lowest BCUT2D eigenvalue weighted by atomic mass is 9.92. The van der Waals surface area contributed by atoms with E-state index in [4.69, 9.17) is 14.9 Å². The Labute approximate surface area is 103 Å². The molecular weight excluding hydrogens is 243 g/mol. The van der Waals surface area contributed by atoms with Crippen LogP contribution in [0.2, 0.25) is 0 Å². The van der Waals surface area contributed by atoms with Crippen molar-refractivity contribution in [2.24, 2.45) is 0 Å². The second-order valence-corrected chi connectivity index (χ2v) is 3.79. The maximum Gasteiger partial charge on any atom is 0.303 e. The molecule has 0 saturated carbocycles. The van der Waals surface area contributed by atoms with E-state index in [1.165, 1.54) is 19.2 Å². The predicted octanol–water partition coefficient (Wildman–Crippen LogP) is 1.87. The molecule has 6 heteroatoms. The van der Waals surface area contributed by atoms with Crippen LogP contribution in [0.4, 0.5) is 4.39 Å². The Hall–Kier alpha value is -2.11. The third-order valence-electron chi connectivity index (χ3n) is 2.49. The first-order valence-corrected chi connectivity index (χ1v) is 5.21. The minimum absolute atomic E-state index is 0.0340. The van der Waals surface area contributed by atoms with E-state index in [0.717, 1.165) is 6.07 Å². The van der Waals surface area contributed by atoms with Crippen LogP contribution in [0.5, 0.6) is 5.75 Å². The average molecular weight is 256 g/mol. The monoisotopic (exact) mass is 256 g/mol. The van der Waals surface area contributed by atoms with Gasteiger partial charge in [0.1, 0.15) is 0 Å². The molecule has 5 nitrogen and oxygen atoms in total. The molecule has 1 rings (SSSR count). The van der Waals surface area contributed by atoms with E-state index in [1.807, 2.05) is 0 Å². The molecule has 98 valence electrons. The summed E-state index contributed by atoms with van der Waals surface area (Å²) in [7, 11) is 1.28. The summed E-state index contributed by atoms with van der Waals surface area (Å²) in [6.45, 7) is 0. The number of hydrogen-bond donors (Lipinski definition) is 2. The number of benzene rings is 1. The number of carbonyl (C=O) groups is 2. The summed E-state index contributed by atoms with van der Waals surface area (Å²) in [5.41, 5.74) is 0.429. The molecule has 18 heavy (non-hydrogen) atoms. The van der Waals surface area contributed by atoms with Crippen LogP contribution in [0, 0.1) is 5.82 Å². The van der Waals surface area contributed by atoms with Crippen molar-refractivity contribution in [2.45, 2.75) is 18.8 Å². The number of carboxylic acid groups (broad SMARTS) is 2. The zero-order valence-corrected chi connectivity index (χ0v) is 9.72. The van der Waals surface area contributed by atoms with Crippen molar-refractivity contribution in [3.05, 3.63) is 29.6 Å². The van der Waals surface area contributed by atoms with Gasteiger partial charge in [-0.3, -0.25) is 9.59 Å². The summed E-state index contributed by atoms with van der Waals surface area (Å²) in [5, 5.41) is 17.5. The summed E-state index contributed by atoms with van der Waals surface area (Å²) in [6, 6.07) is 3.82. The van der Waals surface area contributed by atoms with Crippen LogP contribution in [-0.2, 0) is 9.59 Å². The predicted molar refractivity (Wildman–Crippen MR) is 60.2 cm³/mol. The van der Waals surface area contributed by atoms with Crippen molar-refractivity contribution in [1.82, 2.24) is 0 Å². The lowest BCUT2D eigenvalue weighted by Gasteiger charge is -2.14. The van der Waals surface area contributed by atoms with E-state index in [1.54, 1.807) is 0 Å². The van der Waals surface area contributed by atoms with E-state index in [0.29, 0.717) is 5.56 Å². The maximum atomic E-state index is 13.2. The minimum atomic E-state index is -1.11. The Balaban J connectivity index is 3.03. The van der Waals surface area contributed by atoms with Crippen LogP contribution in [0.3, 0.4) is 0 Å². The molecular formula is C12H13FO5. The molecule has 0 spiro atoms. The molecule has 0 saturated heterocycles. The Kier molecular flexibility index (Phi) is 4.65. The standard InChI is InChI=1S/C12H13FO5/c1-18-10-4-7(2-3-9(10)13)8(5-11(14)15)6-12(16)17/h2-4,8H,5-6H2,1H3,(H,14,15)(H,16,17). The number of ether oxygens (including phenoxy) is 1. The molecule has 0 atom stereocenters. The molecule has 0 aliphatic rings. The van der Waals surface area contributed by atoms with Gasteiger partial charge < -0.3 is 14.9 Å². The zero-order valence-electron chi connectivity index (χ0n) is 9.72. The van der Waals surface area contributed by atoms with Gasteiger partial charge in [-0.2, -0.15) is 0 Å². The summed E-state index contributed by atoms with van der Waals surface area (Å²) in [5.74, 6) is -3.54. The van der Waals surface area contributed by atoms with Gasteiger partial charge in [-0.25, -0.2) is 4.39 Å². The second-order valence-electron chi connectivity index (χ2n) is 3.79. The molecule has 0 fully saturated rings. The molecule has 0 radical (unpaired) electrons. The van der Waals surface area contributed by atoms with Crippen molar-refractivity contribution in [3.8, 4) is 5.75 Å².